The molecule has 1 aliphatic carbocycles. The van der Waals surface area contributed by atoms with Crippen molar-refractivity contribution in [3.8, 4) is 11.6 Å². The maximum atomic E-state index is 12.8. The summed E-state index contributed by atoms with van der Waals surface area (Å²) in [6.07, 6.45) is 5.20. The lowest BCUT2D eigenvalue weighted by Crippen LogP contribution is -2.30. The van der Waals surface area contributed by atoms with E-state index in [0.29, 0.717) is 29.4 Å². The fraction of sp³-hybridized carbons (Fsp3) is 0.269. The fourth-order valence-corrected chi connectivity index (χ4v) is 4.51. The second-order valence-electron chi connectivity index (χ2n) is 8.75. The van der Waals surface area contributed by atoms with Crippen molar-refractivity contribution in [2.24, 2.45) is 0 Å². The Morgan fingerprint density at radius 1 is 1.12 bits per heavy atom. The van der Waals surface area contributed by atoms with Crippen molar-refractivity contribution in [1.29, 1.82) is 0 Å². The molecule has 0 spiro atoms. The Balaban J connectivity index is 1.35. The van der Waals surface area contributed by atoms with Gasteiger partial charge >= 0.3 is 0 Å². The highest BCUT2D eigenvalue weighted by Crippen LogP contribution is 2.41. The van der Waals surface area contributed by atoms with E-state index in [4.69, 9.17) is 4.74 Å². The molecule has 0 radical (unpaired) electrons. The number of ketones is 1. The highest BCUT2D eigenvalue weighted by Gasteiger charge is 2.32. The van der Waals surface area contributed by atoms with Crippen LogP contribution in [0.3, 0.4) is 0 Å². The van der Waals surface area contributed by atoms with Gasteiger partial charge in [0.25, 0.3) is 0 Å². The molecule has 0 bridgehead atoms. The standard InChI is InChI=1S/C26H25N3O3/c1-26(31)14-4-6-18(16-26)20-7-5-15-27-25(20)32-19-12-10-17(11-13-19)23(30)24-28-21-8-2-3-9-22(21)29-24/h2-3,5,7-13,15,18,31H,4,6,14,16H2,1H3,(H,28,29)/t18?,26-/m1/s1. The number of nitrogens with one attached hydrogen (secondary N) is 1. The van der Waals surface area contributed by atoms with Crippen molar-refractivity contribution >= 4 is 16.8 Å². The summed E-state index contributed by atoms with van der Waals surface area (Å²) in [4.78, 5) is 24.7. The summed E-state index contributed by atoms with van der Waals surface area (Å²) in [6.45, 7) is 1.90. The molecule has 6 nitrogen and oxygen atoms in total. The van der Waals surface area contributed by atoms with Gasteiger partial charge < -0.3 is 14.8 Å². The Hall–Kier alpha value is -3.51. The number of para-hydroxylation sites is 2. The van der Waals surface area contributed by atoms with Crippen LogP contribution in [0.2, 0.25) is 0 Å². The molecule has 5 rings (SSSR count). The van der Waals surface area contributed by atoms with Crippen molar-refractivity contribution in [2.75, 3.05) is 0 Å². The number of ether oxygens (including phenoxy) is 1. The number of aromatic nitrogens is 3. The second-order valence-corrected chi connectivity index (χ2v) is 8.75. The molecule has 2 atom stereocenters. The number of fused-ring (bicyclic) bond motifs is 1. The van der Waals surface area contributed by atoms with Crippen LogP contribution in [0, 0.1) is 0 Å². The average molecular weight is 428 g/mol. The van der Waals surface area contributed by atoms with Crippen LogP contribution in [-0.4, -0.2) is 31.4 Å². The quantitative estimate of drug-likeness (QED) is 0.417. The number of rotatable bonds is 5. The van der Waals surface area contributed by atoms with Crippen LogP contribution in [0.25, 0.3) is 11.0 Å². The van der Waals surface area contributed by atoms with Crippen molar-refractivity contribution in [2.45, 2.75) is 44.1 Å². The van der Waals surface area contributed by atoms with E-state index < -0.39 is 5.60 Å². The Kier molecular flexibility index (Phi) is 5.23. The summed E-state index contributed by atoms with van der Waals surface area (Å²) in [5.74, 6) is 1.50. The Bertz CT molecular complexity index is 1230. The predicted molar refractivity (Wildman–Crippen MR) is 122 cm³/mol. The molecule has 1 saturated carbocycles. The third-order valence-electron chi connectivity index (χ3n) is 6.13. The average Bonchev–Trinajstić information content (AvgIpc) is 3.23. The third kappa shape index (κ3) is 4.14. The molecule has 32 heavy (non-hydrogen) atoms. The third-order valence-corrected chi connectivity index (χ3v) is 6.13. The largest absolute Gasteiger partial charge is 0.439 e. The zero-order valence-corrected chi connectivity index (χ0v) is 17.9. The minimum atomic E-state index is -0.658. The number of benzene rings is 2. The molecule has 0 saturated heterocycles. The fourth-order valence-electron chi connectivity index (χ4n) is 4.51. The highest BCUT2D eigenvalue weighted by atomic mass is 16.5. The number of carbonyl (C=O) groups is 1. The number of hydrogen-bond acceptors (Lipinski definition) is 5. The zero-order chi connectivity index (χ0) is 22.1. The zero-order valence-electron chi connectivity index (χ0n) is 17.9. The van der Waals surface area contributed by atoms with E-state index in [0.717, 1.165) is 35.9 Å². The monoisotopic (exact) mass is 427 g/mol. The Morgan fingerprint density at radius 2 is 1.94 bits per heavy atom. The van der Waals surface area contributed by atoms with Gasteiger partial charge in [0.1, 0.15) is 5.75 Å². The maximum absolute atomic E-state index is 12.8. The minimum Gasteiger partial charge on any atom is -0.439 e. The van der Waals surface area contributed by atoms with E-state index in [-0.39, 0.29) is 11.7 Å². The molecule has 0 amide bonds. The lowest BCUT2D eigenvalue weighted by molar-refractivity contribution is 0.0142. The van der Waals surface area contributed by atoms with E-state index >= 15 is 0 Å². The number of nitrogens with zero attached hydrogens (tertiary/aromatic N) is 2. The molecule has 1 aliphatic rings. The summed E-state index contributed by atoms with van der Waals surface area (Å²) in [7, 11) is 0. The van der Waals surface area contributed by atoms with E-state index in [2.05, 4.69) is 15.0 Å². The molecule has 2 aromatic carbocycles. The van der Waals surface area contributed by atoms with Gasteiger partial charge in [0.2, 0.25) is 11.7 Å². The van der Waals surface area contributed by atoms with Crippen LogP contribution in [0.15, 0.2) is 66.9 Å². The van der Waals surface area contributed by atoms with Crippen molar-refractivity contribution in [3.05, 3.63) is 83.8 Å². The van der Waals surface area contributed by atoms with Crippen molar-refractivity contribution < 1.29 is 14.6 Å². The van der Waals surface area contributed by atoms with Gasteiger partial charge in [0, 0.05) is 17.3 Å². The Morgan fingerprint density at radius 3 is 2.72 bits per heavy atom. The molecular formula is C26H25N3O3. The number of carbonyl (C=O) groups excluding carboxylic acids is 1. The van der Waals surface area contributed by atoms with E-state index in [1.54, 1.807) is 30.5 Å². The summed E-state index contributed by atoms with van der Waals surface area (Å²) in [5.41, 5.74) is 2.48. The van der Waals surface area contributed by atoms with Crippen LogP contribution < -0.4 is 4.74 Å². The number of H-pyrrole nitrogens is 1. The van der Waals surface area contributed by atoms with Crippen LogP contribution in [-0.2, 0) is 0 Å². The summed E-state index contributed by atoms with van der Waals surface area (Å²) in [5, 5.41) is 10.5. The normalized spacial score (nSPS) is 20.9. The molecule has 162 valence electrons. The topological polar surface area (TPSA) is 88.1 Å². The van der Waals surface area contributed by atoms with Crippen molar-refractivity contribution in [1.82, 2.24) is 15.0 Å². The van der Waals surface area contributed by atoms with Gasteiger partial charge in [0.15, 0.2) is 5.82 Å². The van der Waals surface area contributed by atoms with Gasteiger partial charge in [-0.3, -0.25) is 4.79 Å². The van der Waals surface area contributed by atoms with Crippen LogP contribution in [0.5, 0.6) is 11.6 Å². The first kappa shape index (κ1) is 20.4. The van der Waals surface area contributed by atoms with Crippen molar-refractivity contribution in [3.63, 3.8) is 0 Å². The van der Waals surface area contributed by atoms with Crippen LogP contribution >= 0.6 is 0 Å². The molecule has 2 heterocycles. The van der Waals surface area contributed by atoms with E-state index in [1.807, 2.05) is 43.3 Å². The molecule has 1 unspecified atom stereocenters. The lowest BCUT2D eigenvalue weighted by Gasteiger charge is -2.34. The summed E-state index contributed by atoms with van der Waals surface area (Å²) >= 11 is 0. The van der Waals surface area contributed by atoms with Gasteiger partial charge in [0.05, 0.1) is 16.6 Å². The first-order valence-corrected chi connectivity index (χ1v) is 10.9. The summed E-state index contributed by atoms with van der Waals surface area (Å²) in [6, 6.07) is 18.5. The maximum Gasteiger partial charge on any atom is 0.228 e. The van der Waals surface area contributed by atoms with Crippen LogP contribution in [0.1, 0.15) is 60.3 Å². The summed E-state index contributed by atoms with van der Waals surface area (Å²) < 4.78 is 6.09. The molecule has 2 N–H and O–H groups in total. The molecule has 1 fully saturated rings. The van der Waals surface area contributed by atoms with Gasteiger partial charge in [-0.1, -0.05) is 18.2 Å². The number of imidazole rings is 1. The van der Waals surface area contributed by atoms with Crippen LogP contribution in [0.4, 0.5) is 0 Å². The van der Waals surface area contributed by atoms with Gasteiger partial charge in [-0.25, -0.2) is 9.97 Å². The second kappa shape index (κ2) is 8.20. The molecular weight excluding hydrogens is 402 g/mol. The SMILES string of the molecule is C[C@@]1(O)CCCC(c2cccnc2Oc2ccc(C(=O)c3nc4ccccc4[nH]3)cc2)C1. The molecule has 0 aliphatic heterocycles. The predicted octanol–water partition coefficient (Wildman–Crippen LogP) is 5.39. The molecule has 4 aromatic rings. The van der Waals surface area contributed by atoms with E-state index in [9.17, 15) is 9.90 Å². The van der Waals surface area contributed by atoms with Gasteiger partial charge in [-0.15, -0.1) is 0 Å². The number of aromatic amines is 1. The lowest BCUT2D eigenvalue weighted by atomic mass is 9.76. The first-order chi connectivity index (χ1) is 15.5. The Labute approximate surface area is 186 Å². The number of aliphatic hydroxyl groups is 1. The van der Waals surface area contributed by atoms with E-state index in [1.165, 1.54) is 0 Å². The molecule has 2 aromatic heterocycles. The smallest absolute Gasteiger partial charge is 0.228 e. The van der Waals surface area contributed by atoms with Gasteiger partial charge in [-0.2, -0.15) is 0 Å². The number of hydrogen-bond donors (Lipinski definition) is 2. The highest BCUT2D eigenvalue weighted by molar-refractivity contribution is 6.08. The first-order valence-electron chi connectivity index (χ1n) is 10.9. The van der Waals surface area contributed by atoms with Gasteiger partial charge in [-0.05, 0) is 81.0 Å². The number of pyridine rings is 1. The minimum absolute atomic E-state index is 0.171. The molecule has 6 heteroatoms.